The Morgan fingerprint density at radius 1 is 1.38 bits per heavy atom. The number of amides is 1. The maximum absolute atomic E-state index is 12.4. The molecule has 2 aromatic rings. The van der Waals surface area contributed by atoms with Crippen molar-refractivity contribution in [3.8, 4) is 0 Å². The first-order chi connectivity index (χ1) is 11.7. The summed E-state index contributed by atoms with van der Waals surface area (Å²) >= 11 is 1.35. The number of hydrogen-bond donors (Lipinski definition) is 1. The smallest absolute Gasteiger partial charge is 0.271 e. The summed E-state index contributed by atoms with van der Waals surface area (Å²) in [4.78, 5) is 31.4. The first kappa shape index (κ1) is 15.7. The summed E-state index contributed by atoms with van der Waals surface area (Å²) in [6, 6.07) is 2.04. The van der Waals surface area contributed by atoms with Crippen molar-refractivity contribution in [2.45, 2.75) is 31.5 Å². The van der Waals surface area contributed by atoms with E-state index in [1.165, 1.54) is 35.1 Å². The van der Waals surface area contributed by atoms with Gasteiger partial charge in [0.15, 0.2) is 0 Å². The third-order valence-corrected chi connectivity index (χ3v) is 5.65. The van der Waals surface area contributed by atoms with E-state index in [1.54, 1.807) is 0 Å². The van der Waals surface area contributed by atoms with Crippen LogP contribution >= 0.6 is 11.3 Å². The molecule has 0 saturated carbocycles. The minimum absolute atomic E-state index is 0.00951. The van der Waals surface area contributed by atoms with E-state index in [2.05, 4.69) is 15.2 Å². The monoisotopic (exact) mass is 348 g/mol. The number of thiophene rings is 1. The van der Waals surface area contributed by atoms with Crippen LogP contribution in [0.25, 0.3) is 10.2 Å². The fourth-order valence-corrected chi connectivity index (χ4v) is 4.31. The lowest BCUT2D eigenvalue weighted by atomic mass is 10.1. The highest BCUT2D eigenvalue weighted by atomic mass is 32.1. The second-order valence-corrected chi connectivity index (χ2v) is 7.25. The molecule has 0 aliphatic carbocycles. The number of carbonyl (C=O) groups excluding carboxylic acids is 1. The van der Waals surface area contributed by atoms with Crippen molar-refractivity contribution in [2.24, 2.45) is 0 Å². The molecule has 2 aromatic heterocycles. The zero-order valence-electron chi connectivity index (χ0n) is 13.3. The standard InChI is InChI=1S/C16H20N4O3S/c21-14(7-20-10-17-11-3-6-24-15(11)16(20)22)18-12-8-23-9-13(12)19-4-1-2-5-19/h3,6,10,12-13H,1-2,4-5,7-9H2,(H,18,21)/t12-,13-/m1/s1. The van der Waals surface area contributed by atoms with E-state index in [0.717, 1.165) is 13.1 Å². The van der Waals surface area contributed by atoms with Gasteiger partial charge in [-0.2, -0.15) is 0 Å². The molecule has 4 rings (SSSR count). The van der Waals surface area contributed by atoms with Crippen LogP contribution in [0.3, 0.4) is 0 Å². The number of rotatable bonds is 4. The van der Waals surface area contributed by atoms with E-state index in [-0.39, 0.29) is 30.1 Å². The Hall–Kier alpha value is -1.77. The summed E-state index contributed by atoms with van der Waals surface area (Å²) in [5.41, 5.74) is 0.517. The molecule has 24 heavy (non-hydrogen) atoms. The molecular weight excluding hydrogens is 328 g/mol. The average Bonchev–Trinajstić information content (AvgIpc) is 3.29. The molecular formula is C16H20N4O3S. The Morgan fingerprint density at radius 3 is 3.04 bits per heavy atom. The predicted octanol–water partition coefficient (Wildman–Crippen LogP) is 0.437. The first-order valence-electron chi connectivity index (χ1n) is 8.26. The van der Waals surface area contributed by atoms with Gasteiger partial charge in [-0.25, -0.2) is 4.98 Å². The van der Waals surface area contributed by atoms with Crippen LogP contribution in [0.2, 0.25) is 0 Å². The minimum atomic E-state index is -0.172. The van der Waals surface area contributed by atoms with Crippen LogP contribution in [-0.2, 0) is 16.1 Å². The van der Waals surface area contributed by atoms with Crippen molar-refractivity contribution >= 4 is 27.5 Å². The van der Waals surface area contributed by atoms with Gasteiger partial charge in [0.2, 0.25) is 5.91 Å². The summed E-state index contributed by atoms with van der Waals surface area (Å²) in [7, 11) is 0. The van der Waals surface area contributed by atoms with Gasteiger partial charge in [0.1, 0.15) is 11.2 Å². The molecule has 1 N–H and O–H groups in total. The number of nitrogens with zero attached hydrogens (tertiary/aromatic N) is 3. The summed E-state index contributed by atoms with van der Waals surface area (Å²) in [5, 5.41) is 4.87. The van der Waals surface area contributed by atoms with Gasteiger partial charge in [0.05, 0.1) is 37.1 Å². The summed E-state index contributed by atoms with van der Waals surface area (Å²) in [6.07, 6.45) is 3.86. The molecule has 0 bridgehead atoms. The lowest BCUT2D eigenvalue weighted by Gasteiger charge is -2.27. The maximum Gasteiger partial charge on any atom is 0.271 e. The number of likely N-dealkylation sites (tertiary alicyclic amines) is 1. The lowest BCUT2D eigenvalue weighted by Crippen LogP contribution is -2.51. The zero-order valence-corrected chi connectivity index (χ0v) is 14.1. The molecule has 0 radical (unpaired) electrons. The van der Waals surface area contributed by atoms with Gasteiger partial charge in [-0.05, 0) is 37.4 Å². The van der Waals surface area contributed by atoms with E-state index < -0.39 is 0 Å². The summed E-state index contributed by atoms with van der Waals surface area (Å²) < 4.78 is 7.53. The molecule has 2 aliphatic heterocycles. The normalized spacial score (nSPS) is 24.7. The molecule has 1 amide bonds. The second-order valence-electron chi connectivity index (χ2n) is 6.33. The minimum Gasteiger partial charge on any atom is -0.378 e. The van der Waals surface area contributed by atoms with Crippen LogP contribution in [-0.4, -0.2) is 58.7 Å². The molecule has 0 spiro atoms. The van der Waals surface area contributed by atoms with E-state index in [1.807, 2.05) is 11.4 Å². The lowest BCUT2D eigenvalue weighted by molar-refractivity contribution is -0.122. The van der Waals surface area contributed by atoms with Crippen molar-refractivity contribution in [3.05, 3.63) is 28.1 Å². The van der Waals surface area contributed by atoms with Crippen LogP contribution in [0, 0.1) is 0 Å². The van der Waals surface area contributed by atoms with Gasteiger partial charge in [-0.15, -0.1) is 11.3 Å². The highest BCUT2D eigenvalue weighted by Crippen LogP contribution is 2.19. The third-order valence-electron chi connectivity index (χ3n) is 4.76. The highest BCUT2D eigenvalue weighted by molar-refractivity contribution is 7.17. The van der Waals surface area contributed by atoms with Crippen LogP contribution in [0.5, 0.6) is 0 Å². The summed E-state index contributed by atoms with van der Waals surface area (Å²) in [6.45, 7) is 3.32. The first-order valence-corrected chi connectivity index (χ1v) is 9.14. The van der Waals surface area contributed by atoms with Gasteiger partial charge in [0, 0.05) is 0 Å². The van der Waals surface area contributed by atoms with Crippen molar-refractivity contribution in [2.75, 3.05) is 26.3 Å². The van der Waals surface area contributed by atoms with Crippen LogP contribution in [0.1, 0.15) is 12.8 Å². The van der Waals surface area contributed by atoms with Crippen LogP contribution in [0.4, 0.5) is 0 Å². The Bertz CT molecular complexity index is 796. The van der Waals surface area contributed by atoms with E-state index in [9.17, 15) is 9.59 Å². The molecule has 7 nitrogen and oxygen atoms in total. The molecule has 2 saturated heterocycles. The molecule has 8 heteroatoms. The van der Waals surface area contributed by atoms with E-state index in [4.69, 9.17) is 4.74 Å². The number of aromatic nitrogens is 2. The number of ether oxygens (including phenoxy) is 1. The zero-order chi connectivity index (χ0) is 16.5. The molecule has 0 unspecified atom stereocenters. The third kappa shape index (κ3) is 2.97. The second kappa shape index (κ2) is 6.62. The molecule has 2 atom stereocenters. The topological polar surface area (TPSA) is 76.5 Å². The Kier molecular flexibility index (Phi) is 4.34. The van der Waals surface area contributed by atoms with Gasteiger partial charge >= 0.3 is 0 Å². The SMILES string of the molecule is O=C(Cn1cnc2ccsc2c1=O)N[C@@H]1COC[C@H]1N1CCCC1. The maximum atomic E-state index is 12.4. The molecule has 0 aromatic carbocycles. The Balaban J connectivity index is 1.43. The molecule has 2 aliphatic rings. The van der Waals surface area contributed by atoms with E-state index in [0.29, 0.717) is 23.4 Å². The van der Waals surface area contributed by atoms with Gasteiger partial charge in [-0.1, -0.05) is 0 Å². The van der Waals surface area contributed by atoms with Crippen molar-refractivity contribution in [1.82, 2.24) is 19.8 Å². The van der Waals surface area contributed by atoms with Crippen molar-refractivity contribution < 1.29 is 9.53 Å². The molecule has 2 fully saturated rings. The van der Waals surface area contributed by atoms with Crippen molar-refractivity contribution in [1.29, 1.82) is 0 Å². The fraction of sp³-hybridized carbons (Fsp3) is 0.562. The predicted molar refractivity (Wildman–Crippen MR) is 91.2 cm³/mol. The molecule has 4 heterocycles. The van der Waals surface area contributed by atoms with Crippen LogP contribution < -0.4 is 10.9 Å². The Labute approximate surface area is 143 Å². The van der Waals surface area contributed by atoms with Gasteiger partial charge in [0.25, 0.3) is 5.56 Å². The van der Waals surface area contributed by atoms with Crippen molar-refractivity contribution in [3.63, 3.8) is 0 Å². The van der Waals surface area contributed by atoms with E-state index >= 15 is 0 Å². The highest BCUT2D eigenvalue weighted by Gasteiger charge is 2.35. The average molecular weight is 348 g/mol. The number of hydrogen-bond acceptors (Lipinski definition) is 6. The Morgan fingerprint density at radius 2 is 2.21 bits per heavy atom. The van der Waals surface area contributed by atoms with Gasteiger partial charge < -0.3 is 10.1 Å². The number of carbonyl (C=O) groups is 1. The van der Waals surface area contributed by atoms with Gasteiger partial charge in [-0.3, -0.25) is 19.1 Å². The molecule has 128 valence electrons. The fourth-order valence-electron chi connectivity index (χ4n) is 3.51. The van der Waals surface area contributed by atoms with Crippen LogP contribution in [0.15, 0.2) is 22.6 Å². The largest absolute Gasteiger partial charge is 0.378 e. The number of fused-ring (bicyclic) bond motifs is 1. The quantitative estimate of drug-likeness (QED) is 0.868. The summed E-state index contributed by atoms with van der Waals surface area (Å²) in [5.74, 6) is -0.172. The number of nitrogens with one attached hydrogen (secondary N) is 1.